The van der Waals surface area contributed by atoms with Gasteiger partial charge in [-0.05, 0) is 48.7 Å². The minimum atomic E-state index is -0.114. The molecule has 2 N–H and O–H groups in total. The third-order valence-electron chi connectivity index (χ3n) is 4.68. The van der Waals surface area contributed by atoms with Crippen LogP contribution in [0.2, 0.25) is 0 Å². The Kier molecular flexibility index (Phi) is 5.25. The van der Waals surface area contributed by atoms with Crippen molar-refractivity contribution < 1.29 is 9.59 Å². The van der Waals surface area contributed by atoms with Crippen LogP contribution in [-0.4, -0.2) is 29.9 Å². The highest BCUT2D eigenvalue weighted by Gasteiger charge is 2.16. The summed E-state index contributed by atoms with van der Waals surface area (Å²) < 4.78 is 1.08. The molecule has 0 atom stereocenters. The van der Waals surface area contributed by atoms with Gasteiger partial charge in [0.15, 0.2) is 5.13 Å². The first-order valence-corrected chi connectivity index (χ1v) is 10.2. The highest BCUT2D eigenvalue weighted by Crippen LogP contribution is 2.32. The molecule has 0 spiro atoms. The van der Waals surface area contributed by atoms with E-state index in [1.807, 2.05) is 30.3 Å². The van der Waals surface area contributed by atoms with Gasteiger partial charge in [-0.2, -0.15) is 0 Å². The summed E-state index contributed by atoms with van der Waals surface area (Å²) >= 11 is 1.68. The molecule has 0 bridgehead atoms. The molecule has 1 aromatic heterocycles. The Hall–Kier alpha value is -2.93. The number of rotatable bonds is 5. The lowest BCUT2D eigenvalue weighted by atomic mass is 10.1. The Balaban J connectivity index is 1.40. The minimum absolute atomic E-state index is 0.0732. The van der Waals surface area contributed by atoms with Crippen LogP contribution >= 0.6 is 11.3 Å². The molecule has 4 rings (SSSR count). The molecule has 28 heavy (non-hydrogen) atoms. The van der Waals surface area contributed by atoms with Crippen LogP contribution in [0.4, 0.5) is 16.5 Å². The quantitative estimate of drug-likeness (QED) is 0.685. The van der Waals surface area contributed by atoms with E-state index < -0.39 is 0 Å². The maximum atomic E-state index is 12.4. The van der Waals surface area contributed by atoms with Gasteiger partial charge in [0, 0.05) is 31.4 Å². The van der Waals surface area contributed by atoms with Crippen molar-refractivity contribution in [2.45, 2.75) is 26.2 Å². The molecule has 2 amide bonds. The molecule has 2 heterocycles. The van der Waals surface area contributed by atoms with Gasteiger partial charge >= 0.3 is 0 Å². The molecule has 1 fully saturated rings. The SMILES string of the molecule is CC(=O)Nc1ccc(CC(=O)Nc2ccc3nc(N4CCCC4)sc3c2)cc1. The van der Waals surface area contributed by atoms with Crippen LogP contribution in [0.25, 0.3) is 10.2 Å². The fourth-order valence-electron chi connectivity index (χ4n) is 3.33. The molecular weight excluding hydrogens is 372 g/mol. The highest BCUT2D eigenvalue weighted by atomic mass is 32.1. The van der Waals surface area contributed by atoms with Gasteiger partial charge in [-0.1, -0.05) is 23.5 Å². The lowest BCUT2D eigenvalue weighted by Gasteiger charge is -2.11. The van der Waals surface area contributed by atoms with Crippen molar-refractivity contribution in [1.29, 1.82) is 0 Å². The maximum absolute atomic E-state index is 12.4. The zero-order chi connectivity index (χ0) is 19.5. The molecule has 3 aromatic rings. The third kappa shape index (κ3) is 4.31. The van der Waals surface area contributed by atoms with Crippen molar-refractivity contribution in [3.63, 3.8) is 0 Å². The number of benzene rings is 2. The van der Waals surface area contributed by atoms with E-state index >= 15 is 0 Å². The number of nitrogens with zero attached hydrogens (tertiary/aromatic N) is 2. The van der Waals surface area contributed by atoms with E-state index in [0.29, 0.717) is 0 Å². The monoisotopic (exact) mass is 394 g/mol. The van der Waals surface area contributed by atoms with E-state index in [1.54, 1.807) is 23.5 Å². The Morgan fingerprint density at radius 3 is 2.46 bits per heavy atom. The van der Waals surface area contributed by atoms with Crippen molar-refractivity contribution in [2.75, 3.05) is 28.6 Å². The molecule has 1 aliphatic rings. The van der Waals surface area contributed by atoms with Gasteiger partial charge in [-0.15, -0.1) is 0 Å². The number of hydrogen-bond donors (Lipinski definition) is 2. The molecule has 1 saturated heterocycles. The second kappa shape index (κ2) is 7.98. The lowest BCUT2D eigenvalue weighted by molar-refractivity contribution is -0.116. The second-order valence-electron chi connectivity index (χ2n) is 6.98. The van der Waals surface area contributed by atoms with Gasteiger partial charge in [0.2, 0.25) is 11.8 Å². The number of carbonyl (C=O) groups excluding carboxylic acids is 2. The minimum Gasteiger partial charge on any atom is -0.348 e. The van der Waals surface area contributed by atoms with E-state index in [2.05, 4.69) is 15.5 Å². The average molecular weight is 395 g/mol. The van der Waals surface area contributed by atoms with Gasteiger partial charge in [-0.3, -0.25) is 9.59 Å². The van der Waals surface area contributed by atoms with Crippen molar-refractivity contribution in [2.24, 2.45) is 0 Å². The summed E-state index contributed by atoms with van der Waals surface area (Å²) in [7, 11) is 0. The van der Waals surface area contributed by atoms with Crippen LogP contribution in [-0.2, 0) is 16.0 Å². The van der Waals surface area contributed by atoms with E-state index in [1.165, 1.54) is 19.8 Å². The zero-order valence-electron chi connectivity index (χ0n) is 15.7. The van der Waals surface area contributed by atoms with Gasteiger partial charge in [-0.25, -0.2) is 4.98 Å². The van der Waals surface area contributed by atoms with Crippen LogP contribution in [0.1, 0.15) is 25.3 Å². The summed E-state index contributed by atoms with van der Waals surface area (Å²) in [6.45, 7) is 3.61. The summed E-state index contributed by atoms with van der Waals surface area (Å²) in [6.07, 6.45) is 2.73. The van der Waals surface area contributed by atoms with Crippen molar-refractivity contribution in [1.82, 2.24) is 4.98 Å². The fourth-order valence-corrected chi connectivity index (χ4v) is 4.39. The second-order valence-corrected chi connectivity index (χ2v) is 7.99. The van der Waals surface area contributed by atoms with Gasteiger partial charge in [0.1, 0.15) is 0 Å². The predicted octanol–water partition coefficient (Wildman–Crippen LogP) is 4.04. The van der Waals surface area contributed by atoms with E-state index in [9.17, 15) is 9.59 Å². The number of thiazole rings is 1. The summed E-state index contributed by atoms with van der Waals surface area (Å²) in [5.74, 6) is -0.187. The molecule has 7 heteroatoms. The molecule has 2 aromatic carbocycles. The molecule has 0 saturated carbocycles. The van der Waals surface area contributed by atoms with Crippen LogP contribution < -0.4 is 15.5 Å². The van der Waals surface area contributed by atoms with Crippen LogP contribution in [0.5, 0.6) is 0 Å². The predicted molar refractivity (Wildman–Crippen MR) is 114 cm³/mol. The third-order valence-corrected chi connectivity index (χ3v) is 5.76. The smallest absolute Gasteiger partial charge is 0.228 e. The molecular formula is C21H22N4O2S. The molecule has 0 aliphatic carbocycles. The summed E-state index contributed by atoms with van der Waals surface area (Å²) in [6, 6.07) is 13.1. The Bertz CT molecular complexity index is 1010. The Morgan fingerprint density at radius 2 is 1.75 bits per heavy atom. The Labute approximate surface area is 167 Å². The van der Waals surface area contributed by atoms with E-state index in [-0.39, 0.29) is 18.2 Å². The largest absolute Gasteiger partial charge is 0.348 e. The maximum Gasteiger partial charge on any atom is 0.228 e. The lowest BCUT2D eigenvalue weighted by Crippen LogP contribution is -2.16. The highest BCUT2D eigenvalue weighted by molar-refractivity contribution is 7.22. The topological polar surface area (TPSA) is 74.3 Å². The van der Waals surface area contributed by atoms with Crippen molar-refractivity contribution in [3.05, 3.63) is 48.0 Å². The normalized spacial score (nSPS) is 13.7. The van der Waals surface area contributed by atoms with Crippen LogP contribution in [0, 0.1) is 0 Å². The Morgan fingerprint density at radius 1 is 1.04 bits per heavy atom. The number of carbonyl (C=O) groups is 2. The number of amides is 2. The number of hydrogen-bond acceptors (Lipinski definition) is 5. The number of fused-ring (bicyclic) bond motifs is 1. The van der Waals surface area contributed by atoms with E-state index in [4.69, 9.17) is 4.98 Å². The first-order valence-electron chi connectivity index (χ1n) is 9.39. The van der Waals surface area contributed by atoms with Gasteiger partial charge in [0.25, 0.3) is 0 Å². The van der Waals surface area contributed by atoms with Crippen molar-refractivity contribution in [3.8, 4) is 0 Å². The molecule has 6 nitrogen and oxygen atoms in total. The molecule has 0 radical (unpaired) electrons. The summed E-state index contributed by atoms with van der Waals surface area (Å²) in [5, 5.41) is 6.75. The van der Waals surface area contributed by atoms with Gasteiger partial charge < -0.3 is 15.5 Å². The summed E-state index contributed by atoms with van der Waals surface area (Å²) in [5.41, 5.74) is 3.37. The molecule has 0 unspecified atom stereocenters. The van der Waals surface area contributed by atoms with Crippen LogP contribution in [0.15, 0.2) is 42.5 Å². The fraction of sp³-hybridized carbons (Fsp3) is 0.286. The molecule has 144 valence electrons. The molecule has 1 aliphatic heterocycles. The zero-order valence-corrected chi connectivity index (χ0v) is 16.5. The van der Waals surface area contributed by atoms with Gasteiger partial charge in [0.05, 0.1) is 16.6 Å². The van der Waals surface area contributed by atoms with Crippen molar-refractivity contribution >= 4 is 49.9 Å². The van der Waals surface area contributed by atoms with Crippen LogP contribution in [0.3, 0.4) is 0 Å². The standard InChI is InChI=1S/C21H22N4O2S/c1-14(26)22-16-6-4-15(5-7-16)12-20(27)23-17-8-9-18-19(13-17)28-21(24-18)25-10-2-3-11-25/h4-9,13H,2-3,10-12H2,1H3,(H,22,26)(H,23,27). The number of nitrogens with one attached hydrogen (secondary N) is 2. The number of anilines is 3. The summed E-state index contributed by atoms with van der Waals surface area (Å²) in [4.78, 5) is 30.5. The number of aromatic nitrogens is 1. The van der Waals surface area contributed by atoms with E-state index in [0.717, 1.165) is 45.4 Å². The first-order chi connectivity index (χ1) is 13.6. The average Bonchev–Trinajstić information content (AvgIpc) is 3.31. The first kappa shape index (κ1) is 18.4.